The maximum Gasteiger partial charge on any atom is 0.265 e. The van der Waals surface area contributed by atoms with Crippen molar-refractivity contribution < 1.29 is 8.42 Å². The largest absolute Gasteiger partial charge is 0.265 e. The summed E-state index contributed by atoms with van der Waals surface area (Å²) in [5, 5.41) is 0. The van der Waals surface area contributed by atoms with Gasteiger partial charge in [-0.05, 0) is 65.9 Å². The van der Waals surface area contributed by atoms with Gasteiger partial charge in [0.25, 0.3) is 10.0 Å². The zero-order valence-corrected chi connectivity index (χ0v) is 14.4. The number of aryl methyl sites for hydroxylation is 1. The summed E-state index contributed by atoms with van der Waals surface area (Å²) >= 11 is 2.17. The van der Waals surface area contributed by atoms with Crippen LogP contribution in [-0.2, 0) is 10.0 Å². The first-order valence-corrected chi connectivity index (χ1v) is 8.75. The Kier molecular flexibility index (Phi) is 4.91. The van der Waals surface area contributed by atoms with Gasteiger partial charge in [0, 0.05) is 3.57 Å². The molecular weight excluding hydrogens is 397 g/mol. The maximum absolute atomic E-state index is 12.7. The molecule has 0 amide bonds. The molecule has 108 valence electrons. The molecule has 0 unspecified atom stereocenters. The van der Waals surface area contributed by atoms with E-state index in [2.05, 4.69) is 28.5 Å². The number of halogens is 1. The van der Waals surface area contributed by atoms with Gasteiger partial charge in [-0.2, -0.15) is 0 Å². The molecule has 0 saturated heterocycles. The monoisotopic (exact) mass is 411 g/mol. The number of benzene rings is 2. The van der Waals surface area contributed by atoms with Crippen LogP contribution in [0, 0.1) is 22.8 Å². The average Bonchev–Trinajstić information content (AvgIpc) is 2.46. The molecule has 0 radical (unpaired) electrons. The van der Waals surface area contributed by atoms with Crippen LogP contribution in [0.2, 0.25) is 0 Å². The second-order valence-corrected chi connectivity index (χ2v) is 7.61. The fourth-order valence-corrected chi connectivity index (χ4v) is 3.58. The molecule has 0 spiro atoms. The first-order valence-electron chi connectivity index (χ1n) is 6.23. The van der Waals surface area contributed by atoms with Gasteiger partial charge in [0.15, 0.2) is 0 Å². The van der Waals surface area contributed by atoms with Gasteiger partial charge in [0.2, 0.25) is 0 Å². The molecule has 2 rings (SSSR count). The molecule has 0 heterocycles. The normalized spacial score (nSPS) is 10.9. The summed E-state index contributed by atoms with van der Waals surface area (Å²) in [6.45, 7) is 1.91. The highest BCUT2D eigenvalue weighted by Gasteiger charge is 2.24. The van der Waals surface area contributed by atoms with Crippen molar-refractivity contribution in [3.8, 4) is 12.3 Å². The Morgan fingerprint density at radius 3 is 2.19 bits per heavy atom. The number of anilines is 1. The smallest absolute Gasteiger partial charge is 0.254 e. The molecule has 5 heteroatoms. The number of nitrogens with zero attached hydrogens (tertiary/aromatic N) is 1. The zero-order valence-electron chi connectivity index (χ0n) is 11.5. The Morgan fingerprint density at radius 2 is 1.67 bits per heavy atom. The Labute approximate surface area is 139 Å². The molecule has 0 atom stereocenters. The summed E-state index contributed by atoms with van der Waals surface area (Å²) in [5.41, 5.74) is 1.57. The standard InChI is InChI=1S/C16H14INO2S/c1-3-12-18(15-8-6-14(17)7-9-15)21(19,20)16-10-4-13(2)5-11-16/h1,4-11H,12H2,2H3. The zero-order chi connectivity index (χ0) is 15.5. The molecule has 0 bridgehead atoms. The number of rotatable bonds is 4. The van der Waals surface area contributed by atoms with E-state index in [0.717, 1.165) is 9.13 Å². The molecule has 0 aromatic heterocycles. The second kappa shape index (κ2) is 6.50. The third-order valence-electron chi connectivity index (χ3n) is 2.96. The highest BCUT2D eigenvalue weighted by Crippen LogP contribution is 2.24. The lowest BCUT2D eigenvalue weighted by Gasteiger charge is -2.22. The van der Waals surface area contributed by atoms with E-state index in [4.69, 9.17) is 6.42 Å². The SMILES string of the molecule is C#CCN(c1ccc(I)cc1)S(=O)(=O)c1ccc(C)cc1. The van der Waals surface area contributed by atoms with Crippen molar-refractivity contribution in [3.63, 3.8) is 0 Å². The van der Waals surface area contributed by atoms with E-state index in [1.807, 2.05) is 19.1 Å². The van der Waals surface area contributed by atoms with E-state index in [1.54, 1.807) is 36.4 Å². The molecule has 0 aliphatic rings. The summed E-state index contributed by atoms with van der Waals surface area (Å²) in [5.74, 6) is 2.41. The number of hydrogen-bond donors (Lipinski definition) is 0. The van der Waals surface area contributed by atoms with Crippen molar-refractivity contribution in [1.29, 1.82) is 0 Å². The summed E-state index contributed by atoms with van der Waals surface area (Å²) in [4.78, 5) is 0.238. The molecule has 0 aliphatic heterocycles. The minimum absolute atomic E-state index is 0.00317. The third kappa shape index (κ3) is 3.57. The lowest BCUT2D eigenvalue weighted by molar-refractivity contribution is 0.593. The molecule has 3 nitrogen and oxygen atoms in total. The van der Waals surface area contributed by atoms with Gasteiger partial charge < -0.3 is 0 Å². The third-order valence-corrected chi connectivity index (χ3v) is 5.47. The van der Waals surface area contributed by atoms with Crippen LogP contribution in [0.4, 0.5) is 5.69 Å². The van der Waals surface area contributed by atoms with Crippen LogP contribution in [0.15, 0.2) is 53.4 Å². The van der Waals surface area contributed by atoms with E-state index in [1.165, 1.54) is 4.31 Å². The van der Waals surface area contributed by atoms with Gasteiger partial charge >= 0.3 is 0 Å². The van der Waals surface area contributed by atoms with Crippen molar-refractivity contribution in [2.75, 3.05) is 10.8 Å². The van der Waals surface area contributed by atoms with E-state index in [-0.39, 0.29) is 11.4 Å². The van der Waals surface area contributed by atoms with E-state index in [0.29, 0.717) is 5.69 Å². The van der Waals surface area contributed by atoms with Gasteiger partial charge in [-0.3, -0.25) is 4.31 Å². The van der Waals surface area contributed by atoms with Gasteiger partial charge in [-0.1, -0.05) is 23.6 Å². The van der Waals surface area contributed by atoms with Crippen molar-refractivity contribution in [2.24, 2.45) is 0 Å². The molecule has 0 aliphatic carbocycles. The van der Waals surface area contributed by atoms with Gasteiger partial charge in [-0.15, -0.1) is 6.42 Å². The van der Waals surface area contributed by atoms with Crippen molar-refractivity contribution >= 4 is 38.3 Å². The topological polar surface area (TPSA) is 37.4 Å². The van der Waals surface area contributed by atoms with Crippen LogP contribution < -0.4 is 4.31 Å². The lowest BCUT2D eigenvalue weighted by Crippen LogP contribution is -2.31. The molecule has 2 aromatic carbocycles. The van der Waals surface area contributed by atoms with E-state index in [9.17, 15) is 8.42 Å². The Morgan fingerprint density at radius 1 is 1.10 bits per heavy atom. The molecule has 0 N–H and O–H groups in total. The molecular formula is C16H14INO2S. The van der Waals surface area contributed by atoms with Crippen LogP contribution in [0.5, 0.6) is 0 Å². The van der Waals surface area contributed by atoms with Gasteiger partial charge in [0.05, 0.1) is 17.1 Å². The van der Waals surface area contributed by atoms with Crippen LogP contribution >= 0.6 is 22.6 Å². The van der Waals surface area contributed by atoms with Crippen molar-refractivity contribution in [3.05, 3.63) is 57.7 Å². The van der Waals surface area contributed by atoms with Gasteiger partial charge in [-0.25, -0.2) is 8.42 Å². The Bertz CT molecular complexity index is 759. The van der Waals surface area contributed by atoms with Crippen LogP contribution in [0.25, 0.3) is 0 Å². The average molecular weight is 411 g/mol. The van der Waals surface area contributed by atoms with Crippen LogP contribution in [0.1, 0.15) is 5.56 Å². The van der Waals surface area contributed by atoms with Crippen LogP contribution in [0.3, 0.4) is 0 Å². The van der Waals surface area contributed by atoms with Gasteiger partial charge in [0.1, 0.15) is 0 Å². The maximum atomic E-state index is 12.7. The van der Waals surface area contributed by atoms with Crippen molar-refractivity contribution in [1.82, 2.24) is 0 Å². The number of terminal acetylenes is 1. The molecule has 0 saturated carbocycles. The Hall–Kier alpha value is -1.52. The second-order valence-electron chi connectivity index (χ2n) is 4.51. The first kappa shape index (κ1) is 15.9. The molecule has 2 aromatic rings. The number of hydrogen-bond acceptors (Lipinski definition) is 2. The summed E-state index contributed by atoms with van der Waals surface area (Å²) in [6.07, 6.45) is 5.34. The minimum atomic E-state index is -3.66. The van der Waals surface area contributed by atoms with E-state index >= 15 is 0 Å². The molecule has 0 fully saturated rings. The highest BCUT2D eigenvalue weighted by molar-refractivity contribution is 14.1. The summed E-state index contributed by atoms with van der Waals surface area (Å²) in [6, 6.07) is 14.0. The fraction of sp³-hybridized carbons (Fsp3) is 0.125. The lowest BCUT2D eigenvalue weighted by atomic mass is 10.2. The number of sulfonamides is 1. The predicted octanol–water partition coefficient (Wildman–Crippen LogP) is 3.43. The summed E-state index contributed by atoms with van der Waals surface area (Å²) < 4.78 is 27.8. The first-order chi connectivity index (χ1) is 9.95. The highest BCUT2D eigenvalue weighted by atomic mass is 127. The summed E-state index contributed by atoms with van der Waals surface area (Å²) in [7, 11) is -3.66. The van der Waals surface area contributed by atoms with E-state index < -0.39 is 10.0 Å². The Balaban J connectivity index is 2.48. The molecule has 21 heavy (non-hydrogen) atoms. The predicted molar refractivity (Wildman–Crippen MR) is 93.7 cm³/mol. The van der Waals surface area contributed by atoms with Crippen molar-refractivity contribution in [2.45, 2.75) is 11.8 Å². The fourth-order valence-electron chi connectivity index (χ4n) is 1.84. The quantitative estimate of drug-likeness (QED) is 0.571. The minimum Gasteiger partial charge on any atom is -0.254 e. The van der Waals surface area contributed by atoms with Crippen LogP contribution in [-0.4, -0.2) is 15.0 Å².